The first-order valence-corrected chi connectivity index (χ1v) is 7.44. The number of para-hydroxylation sites is 1. The number of nitrogens with one attached hydrogen (secondary N) is 1. The second-order valence-electron chi connectivity index (χ2n) is 5.25. The van der Waals surface area contributed by atoms with E-state index in [1.54, 1.807) is 30.8 Å². The minimum absolute atomic E-state index is 0.127. The number of amides is 1. The molecular weight excluding hydrogens is 332 g/mol. The number of carbonyl (C=O) groups excluding carboxylic acids is 1. The molecule has 0 aliphatic carbocycles. The van der Waals surface area contributed by atoms with Crippen LogP contribution in [0.1, 0.15) is 17.0 Å². The number of ether oxygens (including phenoxy) is 2. The molecule has 1 amide bonds. The Bertz CT molecular complexity index is 801. The summed E-state index contributed by atoms with van der Waals surface area (Å²) in [7, 11) is 3.12. The Labute approximate surface area is 144 Å². The van der Waals surface area contributed by atoms with Crippen molar-refractivity contribution >= 4 is 17.7 Å². The van der Waals surface area contributed by atoms with Gasteiger partial charge in [0.1, 0.15) is 0 Å². The van der Waals surface area contributed by atoms with Crippen molar-refractivity contribution in [2.45, 2.75) is 20.5 Å². The maximum absolute atomic E-state index is 12.6. The molecule has 6 nitrogen and oxygen atoms in total. The van der Waals surface area contributed by atoms with Gasteiger partial charge in [-0.15, -0.1) is 0 Å². The molecule has 0 saturated carbocycles. The molecule has 0 spiro atoms. The van der Waals surface area contributed by atoms with Crippen LogP contribution in [-0.4, -0.2) is 29.4 Å². The van der Waals surface area contributed by atoms with Crippen molar-refractivity contribution in [3.8, 4) is 11.5 Å². The standard InChI is InChI=1S/C17H19F2N3O3/c1-10-15(11(2)22(3)21-10)20-14(23)9-8-12-6-5-7-13(24-4)16(12)25-17(18)19/h5-9,17H,1-4H3,(H,20,23)/b9-8+. The van der Waals surface area contributed by atoms with Crippen LogP contribution in [0.3, 0.4) is 0 Å². The minimum atomic E-state index is -3.00. The van der Waals surface area contributed by atoms with Crippen LogP contribution in [0.15, 0.2) is 24.3 Å². The highest BCUT2D eigenvalue weighted by Crippen LogP contribution is 2.33. The van der Waals surface area contributed by atoms with Gasteiger partial charge in [0.25, 0.3) is 0 Å². The average Bonchev–Trinajstić information content (AvgIpc) is 2.79. The fraction of sp³-hybridized carbons (Fsp3) is 0.294. The summed E-state index contributed by atoms with van der Waals surface area (Å²) in [5.41, 5.74) is 2.41. The summed E-state index contributed by atoms with van der Waals surface area (Å²) in [6, 6.07) is 4.66. The maximum atomic E-state index is 12.6. The fourth-order valence-electron chi connectivity index (χ4n) is 2.32. The second-order valence-corrected chi connectivity index (χ2v) is 5.25. The molecule has 0 atom stereocenters. The van der Waals surface area contributed by atoms with E-state index >= 15 is 0 Å². The summed E-state index contributed by atoms with van der Waals surface area (Å²) in [6.07, 6.45) is 2.62. The van der Waals surface area contributed by atoms with E-state index in [9.17, 15) is 13.6 Å². The molecule has 1 heterocycles. The Balaban J connectivity index is 2.22. The van der Waals surface area contributed by atoms with Gasteiger partial charge in [0.2, 0.25) is 5.91 Å². The number of hydrogen-bond acceptors (Lipinski definition) is 4. The normalized spacial score (nSPS) is 11.2. The summed E-state index contributed by atoms with van der Waals surface area (Å²) in [5.74, 6) is -0.385. The Kier molecular flexibility index (Phi) is 5.74. The number of rotatable bonds is 6. The van der Waals surface area contributed by atoms with Crippen LogP contribution >= 0.6 is 0 Å². The number of benzene rings is 1. The average molecular weight is 351 g/mol. The number of halogens is 2. The highest BCUT2D eigenvalue weighted by molar-refractivity contribution is 6.02. The van der Waals surface area contributed by atoms with Crippen LogP contribution < -0.4 is 14.8 Å². The molecule has 0 unspecified atom stereocenters. The van der Waals surface area contributed by atoms with E-state index < -0.39 is 12.5 Å². The van der Waals surface area contributed by atoms with Gasteiger partial charge in [0, 0.05) is 18.7 Å². The third-order valence-corrected chi connectivity index (χ3v) is 3.61. The van der Waals surface area contributed by atoms with E-state index in [1.165, 1.54) is 25.3 Å². The van der Waals surface area contributed by atoms with E-state index in [1.807, 2.05) is 6.92 Å². The molecule has 2 rings (SSSR count). The zero-order valence-corrected chi connectivity index (χ0v) is 14.3. The first-order chi connectivity index (χ1) is 11.8. The van der Waals surface area contributed by atoms with E-state index in [4.69, 9.17) is 4.74 Å². The predicted octanol–water partition coefficient (Wildman–Crippen LogP) is 3.30. The quantitative estimate of drug-likeness (QED) is 0.811. The van der Waals surface area contributed by atoms with Crippen molar-refractivity contribution in [2.24, 2.45) is 7.05 Å². The fourth-order valence-corrected chi connectivity index (χ4v) is 2.32. The van der Waals surface area contributed by atoms with E-state index in [-0.39, 0.29) is 11.5 Å². The largest absolute Gasteiger partial charge is 0.493 e. The zero-order chi connectivity index (χ0) is 18.6. The molecule has 0 aliphatic heterocycles. The molecule has 8 heteroatoms. The number of carbonyl (C=O) groups is 1. The van der Waals surface area contributed by atoms with Gasteiger partial charge >= 0.3 is 6.61 Å². The Hall–Kier alpha value is -2.90. The monoisotopic (exact) mass is 351 g/mol. The number of aromatic nitrogens is 2. The number of alkyl halides is 2. The van der Waals surface area contributed by atoms with Crippen LogP contribution in [0.5, 0.6) is 11.5 Å². The topological polar surface area (TPSA) is 65.4 Å². The van der Waals surface area contributed by atoms with Crippen LogP contribution in [0.4, 0.5) is 14.5 Å². The van der Waals surface area contributed by atoms with Crippen molar-refractivity contribution in [1.82, 2.24) is 9.78 Å². The predicted molar refractivity (Wildman–Crippen MR) is 90.0 cm³/mol. The van der Waals surface area contributed by atoms with E-state index in [0.717, 1.165) is 5.69 Å². The lowest BCUT2D eigenvalue weighted by atomic mass is 10.1. The van der Waals surface area contributed by atoms with Crippen molar-refractivity contribution in [2.75, 3.05) is 12.4 Å². The molecule has 0 saturated heterocycles. The molecule has 0 bridgehead atoms. The van der Waals surface area contributed by atoms with Gasteiger partial charge in [-0.3, -0.25) is 9.48 Å². The lowest BCUT2D eigenvalue weighted by Gasteiger charge is -2.12. The molecule has 0 aliphatic rings. The van der Waals surface area contributed by atoms with Crippen molar-refractivity contribution in [1.29, 1.82) is 0 Å². The van der Waals surface area contributed by atoms with Crippen LogP contribution in [0.25, 0.3) is 6.08 Å². The van der Waals surface area contributed by atoms with Crippen molar-refractivity contribution in [3.63, 3.8) is 0 Å². The Morgan fingerprint density at radius 2 is 2.08 bits per heavy atom. The van der Waals surface area contributed by atoms with Crippen LogP contribution in [0, 0.1) is 13.8 Å². The summed E-state index contributed by atoms with van der Waals surface area (Å²) < 4.78 is 36.4. The first-order valence-electron chi connectivity index (χ1n) is 7.44. The zero-order valence-electron chi connectivity index (χ0n) is 14.3. The summed E-state index contributed by atoms with van der Waals surface area (Å²) >= 11 is 0. The Morgan fingerprint density at radius 1 is 1.36 bits per heavy atom. The lowest BCUT2D eigenvalue weighted by molar-refractivity contribution is -0.111. The molecule has 1 aromatic carbocycles. The highest BCUT2D eigenvalue weighted by atomic mass is 19.3. The highest BCUT2D eigenvalue weighted by Gasteiger charge is 2.15. The third kappa shape index (κ3) is 4.34. The van der Waals surface area contributed by atoms with Gasteiger partial charge in [-0.2, -0.15) is 13.9 Å². The molecule has 0 radical (unpaired) electrons. The van der Waals surface area contributed by atoms with Gasteiger partial charge in [-0.1, -0.05) is 12.1 Å². The van der Waals surface area contributed by atoms with Gasteiger partial charge in [-0.05, 0) is 26.0 Å². The van der Waals surface area contributed by atoms with Crippen LogP contribution in [-0.2, 0) is 11.8 Å². The molecule has 25 heavy (non-hydrogen) atoms. The summed E-state index contributed by atoms with van der Waals surface area (Å²) in [5, 5.41) is 6.94. The summed E-state index contributed by atoms with van der Waals surface area (Å²) in [4.78, 5) is 12.1. The smallest absolute Gasteiger partial charge is 0.387 e. The van der Waals surface area contributed by atoms with Gasteiger partial charge in [0.05, 0.1) is 24.2 Å². The molecule has 134 valence electrons. The van der Waals surface area contributed by atoms with Gasteiger partial charge < -0.3 is 14.8 Å². The summed E-state index contributed by atoms with van der Waals surface area (Å²) in [6.45, 7) is 0.608. The number of anilines is 1. The lowest BCUT2D eigenvalue weighted by Crippen LogP contribution is -2.09. The number of hydrogen-bond donors (Lipinski definition) is 1. The maximum Gasteiger partial charge on any atom is 0.387 e. The van der Waals surface area contributed by atoms with Crippen LogP contribution in [0.2, 0.25) is 0 Å². The Morgan fingerprint density at radius 3 is 2.64 bits per heavy atom. The molecule has 1 aromatic heterocycles. The molecular formula is C17H19F2N3O3. The van der Waals surface area contributed by atoms with Gasteiger partial charge in [0.15, 0.2) is 11.5 Å². The molecule has 1 N–H and O–H groups in total. The van der Waals surface area contributed by atoms with E-state index in [2.05, 4.69) is 15.2 Å². The SMILES string of the molecule is COc1cccc(/C=C/C(=O)Nc2c(C)nn(C)c2C)c1OC(F)F. The number of nitrogens with zero attached hydrogens (tertiary/aromatic N) is 2. The third-order valence-electron chi connectivity index (χ3n) is 3.61. The first kappa shape index (κ1) is 18.4. The second kappa shape index (κ2) is 7.78. The molecule has 0 fully saturated rings. The van der Waals surface area contributed by atoms with E-state index in [0.29, 0.717) is 16.9 Å². The van der Waals surface area contributed by atoms with Gasteiger partial charge in [-0.25, -0.2) is 0 Å². The molecule has 2 aromatic rings. The van der Waals surface area contributed by atoms with Crippen molar-refractivity contribution < 1.29 is 23.0 Å². The van der Waals surface area contributed by atoms with Crippen molar-refractivity contribution in [3.05, 3.63) is 41.2 Å². The number of methoxy groups -OCH3 is 1. The minimum Gasteiger partial charge on any atom is -0.493 e. The number of aryl methyl sites for hydroxylation is 2.